The maximum atomic E-state index is 13.4. The van der Waals surface area contributed by atoms with Crippen molar-refractivity contribution < 1.29 is 17.6 Å². The first-order valence-electron chi connectivity index (χ1n) is 10.2. The molecular formula is C24H28N2O4S. The average molecular weight is 441 g/mol. The first-order valence-corrected chi connectivity index (χ1v) is 11.6. The lowest BCUT2D eigenvalue weighted by atomic mass is 10.2. The van der Waals surface area contributed by atoms with Gasteiger partial charge in [0.2, 0.25) is 15.9 Å². The summed E-state index contributed by atoms with van der Waals surface area (Å²) in [6.07, 6.45) is 1.49. The van der Waals surface area contributed by atoms with Gasteiger partial charge in [-0.2, -0.15) is 4.31 Å². The molecule has 0 N–H and O–H groups in total. The van der Waals surface area contributed by atoms with Gasteiger partial charge in [-0.05, 0) is 50.6 Å². The van der Waals surface area contributed by atoms with Gasteiger partial charge in [0.25, 0.3) is 0 Å². The molecule has 0 unspecified atom stereocenters. The molecule has 1 aromatic heterocycles. The number of carbonyl (C=O) groups excluding carboxylic acids is 1. The molecule has 0 spiro atoms. The Morgan fingerprint density at radius 2 is 1.61 bits per heavy atom. The Kier molecular flexibility index (Phi) is 7.30. The molecule has 0 atom stereocenters. The van der Waals surface area contributed by atoms with E-state index in [9.17, 15) is 13.2 Å². The monoisotopic (exact) mass is 440 g/mol. The molecule has 31 heavy (non-hydrogen) atoms. The Labute approximate surface area is 184 Å². The van der Waals surface area contributed by atoms with Crippen LogP contribution in [-0.4, -0.2) is 36.1 Å². The van der Waals surface area contributed by atoms with Crippen LogP contribution in [0.5, 0.6) is 0 Å². The number of amides is 1. The molecule has 0 radical (unpaired) electrons. The summed E-state index contributed by atoms with van der Waals surface area (Å²) in [6, 6.07) is 19.6. The molecular weight excluding hydrogens is 412 g/mol. The summed E-state index contributed by atoms with van der Waals surface area (Å²) in [5.74, 6) is 0.212. The molecule has 0 fully saturated rings. The largest absolute Gasteiger partial charge is 0.468 e. The second-order valence-electron chi connectivity index (χ2n) is 7.77. The third-order valence-electron chi connectivity index (χ3n) is 5.02. The second-order valence-corrected chi connectivity index (χ2v) is 9.70. The number of hydrogen-bond acceptors (Lipinski definition) is 4. The maximum absolute atomic E-state index is 13.4. The van der Waals surface area contributed by atoms with Crippen molar-refractivity contribution in [3.05, 3.63) is 89.9 Å². The normalized spacial score (nSPS) is 11.8. The molecule has 0 aliphatic carbocycles. The van der Waals surface area contributed by atoms with Crippen molar-refractivity contribution in [2.45, 2.75) is 44.8 Å². The summed E-state index contributed by atoms with van der Waals surface area (Å²) in [5, 5.41) is 0. The summed E-state index contributed by atoms with van der Waals surface area (Å²) in [4.78, 5) is 15.1. The van der Waals surface area contributed by atoms with E-state index in [1.165, 1.54) is 10.6 Å². The van der Waals surface area contributed by atoms with Crippen LogP contribution in [0.2, 0.25) is 0 Å². The van der Waals surface area contributed by atoms with E-state index in [2.05, 4.69) is 0 Å². The average Bonchev–Trinajstić information content (AvgIpc) is 3.25. The third-order valence-corrected chi connectivity index (χ3v) is 6.83. The number of nitrogens with zero attached hydrogens (tertiary/aromatic N) is 2. The smallest absolute Gasteiger partial charge is 0.243 e. The van der Waals surface area contributed by atoms with E-state index in [4.69, 9.17) is 4.42 Å². The Bertz CT molecular complexity index is 1080. The topological polar surface area (TPSA) is 70.8 Å². The Morgan fingerprint density at radius 1 is 0.935 bits per heavy atom. The van der Waals surface area contributed by atoms with Gasteiger partial charge in [0.05, 0.1) is 24.2 Å². The summed E-state index contributed by atoms with van der Waals surface area (Å²) in [7, 11) is -3.90. The highest BCUT2D eigenvalue weighted by atomic mass is 32.2. The zero-order chi connectivity index (χ0) is 22.4. The molecule has 0 saturated carbocycles. The molecule has 3 aromatic rings. The Hall–Kier alpha value is -2.90. The molecule has 0 aliphatic rings. The lowest BCUT2D eigenvalue weighted by Gasteiger charge is -2.30. The molecule has 164 valence electrons. The first-order chi connectivity index (χ1) is 14.8. The third kappa shape index (κ3) is 5.83. The van der Waals surface area contributed by atoms with Gasteiger partial charge in [0, 0.05) is 12.6 Å². The van der Waals surface area contributed by atoms with Gasteiger partial charge in [0.1, 0.15) is 5.76 Å². The quantitative estimate of drug-likeness (QED) is 0.500. The van der Waals surface area contributed by atoms with E-state index < -0.39 is 10.0 Å². The molecule has 0 bridgehead atoms. The van der Waals surface area contributed by atoms with Crippen molar-refractivity contribution >= 4 is 15.9 Å². The van der Waals surface area contributed by atoms with Crippen LogP contribution < -0.4 is 0 Å². The van der Waals surface area contributed by atoms with Gasteiger partial charge in [0.15, 0.2) is 0 Å². The number of rotatable bonds is 9. The van der Waals surface area contributed by atoms with Crippen molar-refractivity contribution in [1.29, 1.82) is 0 Å². The Morgan fingerprint density at radius 3 is 2.19 bits per heavy atom. The summed E-state index contributed by atoms with van der Waals surface area (Å²) < 4.78 is 33.3. The second kappa shape index (κ2) is 9.94. The van der Waals surface area contributed by atoms with Gasteiger partial charge < -0.3 is 9.32 Å². The van der Waals surface area contributed by atoms with Crippen molar-refractivity contribution in [3.63, 3.8) is 0 Å². The fourth-order valence-electron chi connectivity index (χ4n) is 3.24. The zero-order valence-electron chi connectivity index (χ0n) is 18.1. The summed E-state index contributed by atoms with van der Waals surface area (Å²) >= 11 is 0. The number of benzene rings is 2. The highest BCUT2D eigenvalue weighted by Crippen LogP contribution is 2.20. The molecule has 7 heteroatoms. The highest BCUT2D eigenvalue weighted by Gasteiger charge is 2.30. The van der Waals surface area contributed by atoms with E-state index in [0.717, 1.165) is 11.1 Å². The highest BCUT2D eigenvalue weighted by molar-refractivity contribution is 7.89. The van der Waals surface area contributed by atoms with Gasteiger partial charge in [-0.25, -0.2) is 8.42 Å². The molecule has 0 aliphatic heterocycles. The van der Waals surface area contributed by atoms with E-state index in [-0.39, 0.29) is 29.9 Å². The lowest BCUT2D eigenvalue weighted by molar-refractivity contribution is -0.133. The lowest BCUT2D eigenvalue weighted by Crippen LogP contribution is -2.44. The van der Waals surface area contributed by atoms with Crippen LogP contribution in [0.25, 0.3) is 0 Å². The van der Waals surface area contributed by atoms with Crippen molar-refractivity contribution in [1.82, 2.24) is 9.21 Å². The van der Waals surface area contributed by atoms with E-state index in [1.54, 1.807) is 41.3 Å². The molecule has 1 heterocycles. The maximum Gasteiger partial charge on any atom is 0.243 e. The first kappa shape index (κ1) is 22.8. The van der Waals surface area contributed by atoms with Crippen LogP contribution in [0.4, 0.5) is 0 Å². The fourth-order valence-corrected chi connectivity index (χ4v) is 4.60. The van der Waals surface area contributed by atoms with Crippen molar-refractivity contribution in [3.8, 4) is 0 Å². The van der Waals surface area contributed by atoms with E-state index >= 15 is 0 Å². The number of furan rings is 1. The van der Waals surface area contributed by atoms with Crippen LogP contribution in [-0.2, 0) is 27.9 Å². The van der Waals surface area contributed by atoms with Crippen LogP contribution >= 0.6 is 0 Å². The molecule has 2 aromatic carbocycles. The number of carbonyl (C=O) groups is 1. The van der Waals surface area contributed by atoms with Crippen LogP contribution in [0.1, 0.15) is 30.7 Å². The van der Waals surface area contributed by atoms with Crippen LogP contribution in [0, 0.1) is 6.92 Å². The summed E-state index contributed by atoms with van der Waals surface area (Å²) in [6.45, 7) is 5.85. The number of sulfonamides is 1. The Balaban J connectivity index is 1.88. The van der Waals surface area contributed by atoms with Gasteiger partial charge in [-0.1, -0.05) is 48.0 Å². The van der Waals surface area contributed by atoms with Crippen molar-refractivity contribution in [2.24, 2.45) is 0 Å². The zero-order valence-corrected chi connectivity index (χ0v) is 18.9. The predicted molar refractivity (Wildman–Crippen MR) is 120 cm³/mol. The van der Waals surface area contributed by atoms with Gasteiger partial charge >= 0.3 is 0 Å². The fraction of sp³-hybridized carbons (Fsp3) is 0.292. The van der Waals surface area contributed by atoms with Gasteiger partial charge in [-0.3, -0.25) is 4.79 Å². The molecule has 1 amide bonds. The van der Waals surface area contributed by atoms with Crippen LogP contribution in [0.15, 0.2) is 82.3 Å². The minimum absolute atomic E-state index is 0.0216. The number of hydrogen-bond donors (Lipinski definition) is 0. The minimum atomic E-state index is -3.90. The van der Waals surface area contributed by atoms with Crippen molar-refractivity contribution in [2.75, 3.05) is 6.54 Å². The summed E-state index contributed by atoms with van der Waals surface area (Å²) in [5.41, 5.74) is 1.95. The standard InChI is InChI=1S/C24H28N2O4S/c1-19(2)26(16-21-8-5-4-6-9-21)24(27)18-25(17-22-10-7-15-30-22)31(28,29)23-13-11-20(3)12-14-23/h4-15,19H,16-18H2,1-3H3. The molecule has 0 saturated heterocycles. The van der Waals surface area contributed by atoms with E-state index in [1.807, 2.05) is 51.1 Å². The minimum Gasteiger partial charge on any atom is -0.468 e. The molecule has 3 rings (SSSR count). The molecule has 6 nitrogen and oxygen atoms in total. The van der Waals surface area contributed by atoms with Crippen LogP contribution in [0.3, 0.4) is 0 Å². The number of aryl methyl sites for hydroxylation is 1. The predicted octanol–water partition coefficient (Wildman–Crippen LogP) is 4.22. The van der Waals surface area contributed by atoms with E-state index in [0.29, 0.717) is 12.3 Å². The SMILES string of the molecule is Cc1ccc(S(=O)(=O)N(CC(=O)N(Cc2ccccc2)C(C)C)Cc2ccco2)cc1. The van der Waals surface area contributed by atoms with Gasteiger partial charge in [-0.15, -0.1) is 0 Å².